The molecule has 1 heterocycles. The van der Waals surface area contributed by atoms with Crippen molar-refractivity contribution >= 4 is 17.5 Å². The third-order valence-corrected chi connectivity index (χ3v) is 2.85. The Labute approximate surface area is 95.5 Å². The second-order valence-electron chi connectivity index (χ2n) is 4.38. The van der Waals surface area contributed by atoms with Crippen LogP contribution in [0.25, 0.3) is 0 Å². The smallest absolute Gasteiger partial charge is 0.164 e. The topological polar surface area (TPSA) is 30.0 Å². The van der Waals surface area contributed by atoms with Gasteiger partial charge in [0.15, 0.2) is 5.78 Å². The van der Waals surface area contributed by atoms with Crippen LogP contribution in [-0.2, 0) is 0 Å². The Balaban J connectivity index is 2.77. The highest BCUT2D eigenvalue weighted by molar-refractivity contribution is 8.00. The van der Waals surface area contributed by atoms with Gasteiger partial charge < -0.3 is 0 Å². The lowest BCUT2D eigenvalue weighted by Crippen LogP contribution is -2.07. The third-order valence-electron chi connectivity index (χ3n) is 1.79. The summed E-state index contributed by atoms with van der Waals surface area (Å²) in [6.45, 7) is 8.29. The SMILES string of the molecule is CCC(=O)c1ccc(SC(C)(C)C)nc1. The number of Topliss-reactive ketones (excluding diaryl/α,β-unsaturated/α-hetero) is 1. The van der Waals surface area contributed by atoms with Crippen molar-refractivity contribution in [1.29, 1.82) is 0 Å². The number of hydrogen-bond donors (Lipinski definition) is 0. The molecule has 82 valence electrons. The van der Waals surface area contributed by atoms with Crippen molar-refractivity contribution in [2.24, 2.45) is 0 Å². The minimum absolute atomic E-state index is 0.148. The summed E-state index contributed by atoms with van der Waals surface area (Å²) in [5, 5.41) is 0.968. The van der Waals surface area contributed by atoms with Crippen molar-refractivity contribution in [3.63, 3.8) is 0 Å². The highest BCUT2D eigenvalue weighted by Crippen LogP contribution is 2.30. The van der Waals surface area contributed by atoms with Gasteiger partial charge in [-0.3, -0.25) is 4.79 Å². The van der Waals surface area contributed by atoms with Gasteiger partial charge in [0.2, 0.25) is 0 Å². The van der Waals surface area contributed by atoms with Crippen molar-refractivity contribution in [2.75, 3.05) is 0 Å². The zero-order valence-corrected chi connectivity index (χ0v) is 10.5. The largest absolute Gasteiger partial charge is 0.294 e. The van der Waals surface area contributed by atoms with E-state index in [1.165, 1.54) is 0 Å². The van der Waals surface area contributed by atoms with Crippen LogP contribution in [0.3, 0.4) is 0 Å². The molecule has 0 N–H and O–H groups in total. The predicted molar refractivity (Wildman–Crippen MR) is 64.5 cm³/mol. The van der Waals surface area contributed by atoms with Crippen molar-refractivity contribution in [3.05, 3.63) is 23.9 Å². The van der Waals surface area contributed by atoms with Gasteiger partial charge in [-0.05, 0) is 12.1 Å². The van der Waals surface area contributed by atoms with Crippen LogP contribution in [0.5, 0.6) is 0 Å². The van der Waals surface area contributed by atoms with Crippen LogP contribution in [-0.4, -0.2) is 15.5 Å². The number of rotatable bonds is 3. The van der Waals surface area contributed by atoms with Gasteiger partial charge in [0.1, 0.15) is 0 Å². The first-order valence-electron chi connectivity index (χ1n) is 5.10. The van der Waals surface area contributed by atoms with Gasteiger partial charge in [-0.15, -0.1) is 11.8 Å². The molecule has 1 aromatic heterocycles. The summed E-state index contributed by atoms with van der Waals surface area (Å²) < 4.78 is 0.156. The van der Waals surface area contributed by atoms with Crippen LogP contribution in [0.15, 0.2) is 23.4 Å². The fourth-order valence-electron chi connectivity index (χ4n) is 1.12. The van der Waals surface area contributed by atoms with Crippen LogP contribution in [0.4, 0.5) is 0 Å². The molecular weight excluding hydrogens is 206 g/mol. The van der Waals surface area contributed by atoms with Crippen LogP contribution in [0.1, 0.15) is 44.5 Å². The number of nitrogens with zero attached hydrogens (tertiary/aromatic N) is 1. The summed E-state index contributed by atoms with van der Waals surface area (Å²) in [5.41, 5.74) is 0.704. The summed E-state index contributed by atoms with van der Waals surface area (Å²) in [5.74, 6) is 0.148. The molecule has 0 amide bonds. The van der Waals surface area contributed by atoms with Crippen LogP contribution in [0, 0.1) is 0 Å². The average molecular weight is 223 g/mol. The Hall–Kier alpha value is -0.830. The summed E-state index contributed by atoms with van der Waals surface area (Å²) >= 11 is 1.71. The van der Waals surface area contributed by atoms with Crippen molar-refractivity contribution < 1.29 is 4.79 Å². The third kappa shape index (κ3) is 4.04. The fourth-order valence-corrected chi connectivity index (χ4v) is 1.99. The number of carbonyl (C=O) groups excluding carboxylic acids is 1. The molecule has 0 saturated heterocycles. The van der Waals surface area contributed by atoms with Crippen LogP contribution in [0.2, 0.25) is 0 Å². The number of thioether (sulfide) groups is 1. The first-order chi connectivity index (χ1) is 6.92. The van der Waals surface area contributed by atoms with Gasteiger partial charge in [0.25, 0.3) is 0 Å². The van der Waals surface area contributed by atoms with Gasteiger partial charge in [-0.25, -0.2) is 4.98 Å². The predicted octanol–water partition coefficient (Wildman–Crippen LogP) is 3.56. The molecule has 0 aliphatic carbocycles. The molecule has 0 aromatic carbocycles. The molecule has 1 rings (SSSR count). The van der Waals surface area contributed by atoms with Crippen LogP contribution >= 0.6 is 11.8 Å². The van der Waals surface area contributed by atoms with E-state index >= 15 is 0 Å². The zero-order valence-electron chi connectivity index (χ0n) is 9.70. The molecule has 2 nitrogen and oxygen atoms in total. The minimum atomic E-state index is 0.148. The Morgan fingerprint density at radius 2 is 2.07 bits per heavy atom. The molecule has 0 saturated carbocycles. The second-order valence-corrected chi connectivity index (χ2v) is 6.22. The molecule has 0 fully saturated rings. The summed E-state index contributed by atoms with van der Waals surface area (Å²) in [6, 6.07) is 3.77. The van der Waals surface area contributed by atoms with E-state index in [-0.39, 0.29) is 10.5 Å². The first-order valence-corrected chi connectivity index (χ1v) is 5.92. The van der Waals surface area contributed by atoms with E-state index < -0.39 is 0 Å². The highest BCUT2D eigenvalue weighted by atomic mass is 32.2. The number of aromatic nitrogens is 1. The lowest BCUT2D eigenvalue weighted by molar-refractivity contribution is 0.0987. The van der Waals surface area contributed by atoms with Gasteiger partial charge in [-0.1, -0.05) is 27.7 Å². The Kier molecular flexibility index (Phi) is 3.91. The maximum Gasteiger partial charge on any atom is 0.164 e. The van der Waals surface area contributed by atoms with E-state index in [0.29, 0.717) is 12.0 Å². The minimum Gasteiger partial charge on any atom is -0.294 e. The molecule has 0 atom stereocenters. The molecule has 0 aliphatic heterocycles. The van der Waals surface area contributed by atoms with E-state index in [0.717, 1.165) is 5.03 Å². The van der Waals surface area contributed by atoms with Crippen LogP contribution < -0.4 is 0 Å². The Morgan fingerprint density at radius 3 is 2.47 bits per heavy atom. The standard InChI is InChI=1S/C12H17NOS/c1-5-10(14)9-6-7-11(13-8-9)15-12(2,3)4/h6-8H,5H2,1-4H3. The van der Waals surface area contributed by atoms with Gasteiger partial charge in [-0.2, -0.15) is 0 Å². The van der Waals surface area contributed by atoms with E-state index in [9.17, 15) is 4.79 Å². The lowest BCUT2D eigenvalue weighted by Gasteiger charge is -2.16. The number of hydrogen-bond acceptors (Lipinski definition) is 3. The zero-order chi connectivity index (χ0) is 11.5. The molecular formula is C12H17NOS. The quantitative estimate of drug-likeness (QED) is 0.579. The Bertz CT molecular complexity index is 338. The lowest BCUT2D eigenvalue weighted by atomic mass is 10.1. The van der Waals surface area contributed by atoms with Crippen molar-refractivity contribution in [3.8, 4) is 0 Å². The molecule has 15 heavy (non-hydrogen) atoms. The first kappa shape index (κ1) is 12.2. The Morgan fingerprint density at radius 1 is 1.40 bits per heavy atom. The molecule has 1 aromatic rings. The summed E-state index contributed by atoms with van der Waals surface area (Å²) in [6.07, 6.45) is 2.20. The van der Waals surface area contributed by atoms with E-state index in [1.807, 2.05) is 19.1 Å². The monoisotopic (exact) mass is 223 g/mol. The summed E-state index contributed by atoms with van der Waals surface area (Å²) in [7, 11) is 0. The fraction of sp³-hybridized carbons (Fsp3) is 0.500. The molecule has 0 spiro atoms. The maximum atomic E-state index is 11.4. The van der Waals surface area contributed by atoms with E-state index in [1.54, 1.807) is 18.0 Å². The molecule has 0 bridgehead atoms. The molecule has 0 radical (unpaired) electrons. The van der Waals surface area contributed by atoms with E-state index in [4.69, 9.17) is 0 Å². The molecule has 0 aliphatic rings. The number of pyridine rings is 1. The summed E-state index contributed by atoms with van der Waals surface area (Å²) in [4.78, 5) is 15.6. The number of ketones is 1. The van der Waals surface area contributed by atoms with Gasteiger partial charge >= 0.3 is 0 Å². The molecule has 3 heteroatoms. The second kappa shape index (κ2) is 4.79. The maximum absolute atomic E-state index is 11.4. The average Bonchev–Trinajstić information content (AvgIpc) is 2.15. The normalized spacial score (nSPS) is 11.5. The van der Waals surface area contributed by atoms with Gasteiger partial charge in [0, 0.05) is 22.9 Å². The van der Waals surface area contributed by atoms with E-state index in [2.05, 4.69) is 25.8 Å². The van der Waals surface area contributed by atoms with Gasteiger partial charge in [0.05, 0.1) is 5.03 Å². The van der Waals surface area contributed by atoms with Crippen molar-refractivity contribution in [1.82, 2.24) is 4.98 Å². The molecule has 0 unspecified atom stereocenters. The van der Waals surface area contributed by atoms with Crippen molar-refractivity contribution in [2.45, 2.75) is 43.9 Å². The number of carbonyl (C=O) groups is 1. The highest BCUT2D eigenvalue weighted by Gasteiger charge is 2.13.